The first-order valence-electron chi connectivity index (χ1n) is 19.2. The Labute approximate surface area is 328 Å². The fourth-order valence-corrected chi connectivity index (χ4v) is 11.5. The maximum atomic E-state index is 14.2. The van der Waals surface area contributed by atoms with Crippen LogP contribution in [0.1, 0.15) is 127 Å². The van der Waals surface area contributed by atoms with E-state index in [2.05, 4.69) is 10.2 Å². The summed E-state index contributed by atoms with van der Waals surface area (Å²) in [5, 5.41) is 17.6. The molecule has 8 unspecified atom stereocenters. The number of ether oxygens (including phenoxy) is 4. The van der Waals surface area contributed by atoms with Crippen molar-refractivity contribution in [3.05, 3.63) is 3.95 Å². The molecule has 4 rings (SSSR count). The molecule has 3 aliphatic rings. The maximum absolute atomic E-state index is 14.2. The summed E-state index contributed by atoms with van der Waals surface area (Å²) in [6, 6.07) is 0. The lowest BCUT2D eigenvalue weighted by Crippen LogP contribution is -2.47. The number of esters is 3. The van der Waals surface area contributed by atoms with Crippen LogP contribution < -0.4 is 0 Å². The number of thioether (sulfide) groups is 1. The largest absolute Gasteiger partial charge is 0.481 e. The van der Waals surface area contributed by atoms with Gasteiger partial charge in [0, 0.05) is 12.4 Å². The number of hydrogen-bond acceptors (Lipinski definition) is 12. The number of carbonyl (C=O) groups excluding carboxylic acids is 3. The fourth-order valence-electron chi connectivity index (χ4n) is 9.44. The summed E-state index contributed by atoms with van der Waals surface area (Å²) in [5.41, 5.74) is -6.00. The van der Waals surface area contributed by atoms with Crippen LogP contribution in [-0.2, 0) is 38.1 Å². The summed E-state index contributed by atoms with van der Waals surface area (Å²) in [7, 11) is 0. The van der Waals surface area contributed by atoms with Gasteiger partial charge >= 0.3 is 23.9 Å². The monoisotopic (exact) mass is 798 g/mol. The predicted octanol–water partition coefficient (Wildman–Crippen LogP) is 8.66. The highest BCUT2D eigenvalue weighted by atomic mass is 32.2. The van der Waals surface area contributed by atoms with E-state index in [1.165, 1.54) is 30.6 Å². The smallest absolute Gasteiger partial charge is 0.312 e. The van der Waals surface area contributed by atoms with Gasteiger partial charge in [0.1, 0.15) is 18.3 Å². The first-order chi connectivity index (χ1) is 24.6. The number of H-pyrrole nitrogens is 1. The molecule has 0 amide bonds. The van der Waals surface area contributed by atoms with Gasteiger partial charge in [0.2, 0.25) is 0 Å². The highest BCUT2D eigenvalue weighted by Crippen LogP contribution is 2.60. The van der Waals surface area contributed by atoms with Crippen molar-refractivity contribution in [2.24, 2.45) is 45.3 Å². The molecular formula is C39H62N2O9S3. The fraction of sp³-hybridized carbons (Fsp3) is 0.846. The highest BCUT2D eigenvalue weighted by Gasteiger charge is 2.57. The second-order valence-corrected chi connectivity index (χ2v) is 21.2. The molecule has 8 atom stereocenters. The third-order valence-electron chi connectivity index (χ3n) is 11.8. The number of hydrogen-bond donors (Lipinski definition) is 2. The van der Waals surface area contributed by atoms with E-state index in [1.54, 1.807) is 67.2 Å². The van der Waals surface area contributed by atoms with Crippen molar-refractivity contribution >= 4 is 59.2 Å². The Kier molecular flexibility index (Phi) is 14.4. The van der Waals surface area contributed by atoms with Crippen molar-refractivity contribution in [1.82, 2.24) is 10.2 Å². The molecule has 1 aromatic heterocycles. The van der Waals surface area contributed by atoms with E-state index in [0.29, 0.717) is 34.7 Å². The molecule has 3 saturated carbocycles. The maximum Gasteiger partial charge on any atom is 0.312 e. The van der Waals surface area contributed by atoms with Crippen molar-refractivity contribution in [1.29, 1.82) is 0 Å². The number of aliphatic carboxylic acids is 1. The van der Waals surface area contributed by atoms with Gasteiger partial charge in [-0.15, -0.1) is 0 Å². The van der Waals surface area contributed by atoms with Gasteiger partial charge in [0.15, 0.2) is 8.29 Å². The number of carboxylic acid groups (broad SMARTS) is 1. The Morgan fingerprint density at radius 1 is 0.868 bits per heavy atom. The minimum absolute atomic E-state index is 0.000947. The van der Waals surface area contributed by atoms with Gasteiger partial charge in [-0.2, -0.15) is 5.10 Å². The molecule has 1 aromatic rings. The molecular weight excluding hydrogens is 737 g/mol. The van der Waals surface area contributed by atoms with Gasteiger partial charge in [0.05, 0.1) is 28.3 Å². The topological polar surface area (TPSA) is 154 Å². The number of aromatic amines is 1. The molecule has 53 heavy (non-hydrogen) atoms. The highest BCUT2D eigenvalue weighted by molar-refractivity contribution is 8.01. The lowest BCUT2D eigenvalue weighted by molar-refractivity contribution is -0.175. The van der Waals surface area contributed by atoms with Crippen molar-refractivity contribution in [2.75, 3.05) is 25.6 Å². The summed E-state index contributed by atoms with van der Waals surface area (Å²) >= 11 is 8.08. The van der Waals surface area contributed by atoms with Crippen molar-refractivity contribution in [3.63, 3.8) is 0 Å². The number of aromatic nitrogens is 2. The Morgan fingerprint density at radius 3 is 2.17 bits per heavy atom. The van der Waals surface area contributed by atoms with Crippen LogP contribution in [0.15, 0.2) is 4.34 Å². The first kappa shape index (κ1) is 43.7. The van der Waals surface area contributed by atoms with E-state index < -0.39 is 45.2 Å². The minimum atomic E-state index is -1.55. The standard InChI is InChI=1S/C39H62N2O9S3/c1-10-37(7,32(46)50-35(2,3)4)22-38(8,29(42)43)23-39(9,31(45)48-17-16-47-15-12-18-52-34-41-40-33(51)53-34)21-36(5,6)30(44)49-28-20-24-19-27(28)26-14-11-13-25(24)26/h24-28H,10-23H2,1-9H3,(H,40,51)(H,42,43). The van der Waals surface area contributed by atoms with Crippen LogP contribution in [0, 0.1) is 49.3 Å². The zero-order valence-electron chi connectivity index (χ0n) is 33.2. The van der Waals surface area contributed by atoms with E-state index in [0.717, 1.165) is 35.3 Å². The van der Waals surface area contributed by atoms with Crippen LogP contribution in [0.5, 0.6) is 0 Å². The number of nitrogens with zero attached hydrogens (tertiary/aromatic N) is 1. The molecule has 11 nitrogen and oxygen atoms in total. The number of nitrogens with one attached hydrogen (secondary N) is 1. The van der Waals surface area contributed by atoms with Crippen molar-refractivity contribution < 1.29 is 43.2 Å². The number of fused-ring (bicyclic) bond motifs is 5. The molecule has 0 aliphatic heterocycles. The van der Waals surface area contributed by atoms with Crippen LogP contribution in [0.4, 0.5) is 0 Å². The van der Waals surface area contributed by atoms with E-state index in [4.69, 9.17) is 31.2 Å². The van der Waals surface area contributed by atoms with Gasteiger partial charge in [-0.3, -0.25) is 24.3 Å². The second-order valence-electron chi connectivity index (χ2n) is 18.2. The van der Waals surface area contributed by atoms with E-state index in [-0.39, 0.29) is 44.5 Å². The van der Waals surface area contributed by atoms with Crippen LogP contribution in [0.3, 0.4) is 0 Å². The second kappa shape index (κ2) is 17.4. The lowest BCUT2D eigenvalue weighted by atomic mass is 9.61. The third kappa shape index (κ3) is 11.1. The summed E-state index contributed by atoms with van der Waals surface area (Å²) in [5.74, 6) is 0.543. The van der Waals surface area contributed by atoms with Crippen molar-refractivity contribution in [2.45, 2.75) is 143 Å². The Bertz CT molecular complexity index is 1520. The quantitative estimate of drug-likeness (QED) is 0.0427. The van der Waals surface area contributed by atoms with E-state index >= 15 is 0 Å². The number of rotatable bonds is 20. The van der Waals surface area contributed by atoms with Gasteiger partial charge < -0.3 is 24.1 Å². The molecule has 0 saturated heterocycles. The van der Waals surface area contributed by atoms with E-state index in [1.807, 2.05) is 6.92 Å². The minimum Gasteiger partial charge on any atom is -0.481 e. The molecule has 300 valence electrons. The van der Waals surface area contributed by atoms with Gasteiger partial charge in [-0.05, 0) is 149 Å². The number of carbonyl (C=O) groups is 4. The van der Waals surface area contributed by atoms with Crippen LogP contribution in [-0.4, -0.2) is 76.5 Å². The molecule has 3 fully saturated rings. The average molecular weight is 799 g/mol. The zero-order chi connectivity index (χ0) is 39.4. The molecule has 0 spiro atoms. The molecule has 14 heteroatoms. The molecule has 1 heterocycles. The van der Waals surface area contributed by atoms with Crippen LogP contribution >= 0.6 is 35.3 Å². The summed E-state index contributed by atoms with van der Waals surface area (Å²) in [6.07, 6.45) is 6.46. The van der Waals surface area contributed by atoms with Gasteiger partial charge in [-0.1, -0.05) is 36.4 Å². The lowest BCUT2D eigenvalue weighted by Gasteiger charge is -2.42. The zero-order valence-corrected chi connectivity index (χ0v) is 35.6. The molecule has 2 N–H and O–H groups in total. The summed E-state index contributed by atoms with van der Waals surface area (Å²) < 4.78 is 25.0. The Morgan fingerprint density at radius 2 is 1.55 bits per heavy atom. The Hall–Kier alpha value is -2.03. The van der Waals surface area contributed by atoms with E-state index in [9.17, 15) is 24.3 Å². The molecule has 3 aliphatic carbocycles. The number of carboxylic acids is 1. The predicted molar refractivity (Wildman–Crippen MR) is 207 cm³/mol. The SMILES string of the molecule is CCC(C)(CC(C)(CC(C)(CC(C)(C)C(=O)OC1CC2CC1C1CCCC21)C(=O)OCCOCCCSc1n[nH]c(=S)s1)C(=O)O)C(=O)OC(C)(C)C. The first-order valence-corrected chi connectivity index (χ1v) is 21.4. The Balaban J connectivity index is 1.46. The van der Waals surface area contributed by atoms with Crippen molar-refractivity contribution in [3.8, 4) is 0 Å². The molecule has 0 aromatic carbocycles. The summed E-state index contributed by atoms with van der Waals surface area (Å²) in [6.45, 7) is 16.2. The summed E-state index contributed by atoms with van der Waals surface area (Å²) in [4.78, 5) is 54.8. The normalized spacial score (nSPS) is 25.9. The van der Waals surface area contributed by atoms with Crippen LogP contribution in [0.2, 0.25) is 0 Å². The third-order valence-corrected chi connectivity index (χ3v) is 14.1. The average Bonchev–Trinajstić information content (AvgIpc) is 3.85. The molecule has 2 bridgehead atoms. The van der Waals surface area contributed by atoms with Crippen LogP contribution in [0.25, 0.3) is 0 Å². The van der Waals surface area contributed by atoms with Gasteiger partial charge in [0.25, 0.3) is 0 Å². The molecule has 0 radical (unpaired) electrons. The van der Waals surface area contributed by atoms with Gasteiger partial charge in [-0.25, -0.2) is 0 Å².